The van der Waals surface area contributed by atoms with Crippen molar-refractivity contribution in [2.75, 3.05) is 0 Å². The van der Waals surface area contributed by atoms with Gasteiger partial charge in [-0.3, -0.25) is 4.79 Å². The van der Waals surface area contributed by atoms with Gasteiger partial charge in [-0.15, -0.1) is 0 Å². The molecule has 1 N–H and O–H groups in total. The summed E-state index contributed by atoms with van der Waals surface area (Å²) in [6, 6.07) is 2.31. The van der Waals surface area contributed by atoms with E-state index in [0.29, 0.717) is 6.07 Å². The minimum Gasteiger partial charge on any atom is -0.507 e. The van der Waals surface area contributed by atoms with Gasteiger partial charge in [0, 0.05) is 5.92 Å². The van der Waals surface area contributed by atoms with Crippen molar-refractivity contribution in [2.24, 2.45) is 5.92 Å². The highest BCUT2D eigenvalue weighted by Crippen LogP contribution is 2.32. The summed E-state index contributed by atoms with van der Waals surface area (Å²) >= 11 is 0. The smallest absolute Gasteiger partial charge is 0.416 e. The standard InChI is InChI=1S/C11H11F3O2/c1-6(2)10(16)8-5-7(11(12,13)14)3-4-9(8)15/h3-6,15H,1-2H3. The van der Waals surface area contributed by atoms with Gasteiger partial charge in [-0.05, 0) is 18.2 Å². The van der Waals surface area contributed by atoms with Crippen molar-refractivity contribution in [3.63, 3.8) is 0 Å². The lowest BCUT2D eigenvalue weighted by Crippen LogP contribution is -2.11. The van der Waals surface area contributed by atoms with Crippen LogP contribution in [0.5, 0.6) is 5.75 Å². The quantitative estimate of drug-likeness (QED) is 0.794. The molecule has 0 bridgehead atoms. The number of ketones is 1. The van der Waals surface area contributed by atoms with Crippen LogP contribution in [0.3, 0.4) is 0 Å². The molecule has 1 aromatic rings. The second-order valence-corrected chi connectivity index (χ2v) is 3.75. The van der Waals surface area contributed by atoms with Crippen LogP contribution in [-0.2, 0) is 6.18 Å². The first-order valence-corrected chi connectivity index (χ1v) is 4.68. The third-order valence-corrected chi connectivity index (χ3v) is 2.11. The van der Waals surface area contributed by atoms with Crippen LogP contribution < -0.4 is 0 Å². The maximum Gasteiger partial charge on any atom is 0.416 e. The van der Waals surface area contributed by atoms with Crippen molar-refractivity contribution >= 4 is 5.78 Å². The van der Waals surface area contributed by atoms with Gasteiger partial charge in [0.25, 0.3) is 0 Å². The van der Waals surface area contributed by atoms with Crippen LogP contribution in [0, 0.1) is 5.92 Å². The number of carbonyl (C=O) groups is 1. The highest BCUT2D eigenvalue weighted by atomic mass is 19.4. The van der Waals surface area contributed by atoms with E-state index in [1.54, 1.807) is 13.8 Å². The molecule has 16 heavy (non-hydrogen) atoms. The Balaban J connectivity index is 3.25. The van der Waals surface area contributed by atoms with Crippen molar-refractivity contribution < 1.29 is 23.1 Å². The summed E-state index contributed by atoms with van der Waals surface area (Å²) in [6.07, 6.45) is -4.51. The molecular formula is C11H11F3O2. The minimum atomic E-state index is -4.51. The zero-order valence-electron chi connectivity index (χ0n) is 8.80. The highest BCUT2D eigenvalue weighted by Gasteiger charge is 2.32. The van der Waals surface area contributed by atoms with Crippen molar-refractivity contribution in [1.82, 2.24) is 0 Å². The van der Waals surface area contributed by atoms with Crippen LogP contribution in [0.25, 0.3) is 0 Å². The van der Waals surface area contributed by atoms with Gasteiger partial charge in [-0.25, -0.2) is 0 Å². The molecule has 0 spiro atoms. The van der Waals surface area contributed by atoms with Crippen molar-refractivity contribution in [3.8, 4) is 5.75 Å². The molecular weight excluding hydrogens is 221 g/mol. The Morgan fingerprint density at radius 1 is 1.31 bits per heavy atom. The monoisotopic (exact) mass is 232 g/mol. The maximum absolute atomic E-state index is 12.4. The Hall–Kier alpha value is -1.52. The molecule has 0 aliphatic rings. The van der Waals surface area contributed by atoms with E-state index >= 15 is 0 Å². The van der Waals surface area contributed by atoms with Gasteiger partial charge in [0.15, 0.2) is 5.78 Å². The summed E-state index contributed by atoms with van der Waals surface area (Å²) in [5.41, 5.74) is -1.22. The first kappa shape index (κ1) is 12.5. The third-order valence-electron chi connectivity index (χ3n) is 2.11. The molecule has 88 valence electrons. The van der Waals surface area contributed by atoms with E-state index in [4.69, 9.17) is 0 Å². The lowest BCUT2D eigenvalue weighted by atomic mass is 9.98. The van der Waals surface area contributed by atoms with E-state index in [2.05, 4.69) is 0 Å². The van der Waals surface area contributed by atoms with Gasteiger partial charge < -0.3 is 5.11 Å². The van der Waals surface area contributed by atoms with Gasteiger partial charge in [0.2, 0.25) is 0 Å². The summed E-state index contributed by atoms with van der Waals surface area (Å²) in [6.45, 7) is 3.12. The molecule has 0 heterocycles. The van der Waals surface area contributed by atoms with Gasteiger partial charge in [0.05, 0.1) is 11.1 Å². The van der Waals surface area contributed by atoms with Gasteiger partial charge >= 0.3 is 6.18 Å². The van der Waals surface area contributed by atoms with Crippen molar-refractivity contribution in [3.05, 3.63) is 29.3 Å². The van der Waals surface area contributed by atoms with Crippen LogP contribution in [0.15, 0.2) is 18.2 Å². The molecule has 0 fully saturated rings. The zero-order valence-corrected chi connectivity index (χ0v) is 8.80. The molecule has 0 radical (unpaired) electrons. The fourth-order valence-corrected chi connectivity index (χ4v) is 1.22. The van der Waals surface area contributed by atoms with Crippen molar-refractivity contribution in [2.45, 2.75) is 20.0 Å². The van der Waals surface area contributed by atoms with E-state index in [1.165, 1.54) is 0 Å². The number of phenolic OH excluding ortho intramolecular Hbond substituents is 1. The zero-order chi connectivity index (χ0) is 12.5. The Morgan fingerprint density at radius 3 is 2.31 bits per heavy atom. The molecule has 0 aromatic heterocycles. The number of rotatable bonds is 2. The van der Waals surface area contributed by atoms with Crippen LogP contribution in [0.2, 0.25) is 0 Å². The Kier molecular flexibility index (Phi) is 3.26. The van der Waals surface area contributed by atoms with Gasteiger partial charge in [0.1, 0.15) is 5.75 Å². The molecule has 0 unspecified atom stereocenters. The number of hydrogen-bond acceptors (Lipinski definition) is 2. The average Bonchev–Trinajstić information content (AvgIpc) is 2.15. The molecule has 0 atom stereocenters. The molecule has 0 saturated carbocycles. The molecule has 2 nitrogen and oxygen atoms in total. The molecule has 0 saturated heterocycles. The Bertz CT molecular complexity index is 408. The SMILES string of the molecule is CC(C)C(=O)c1cc(C(F)(F)F)ccc1O. The van der Waals surface area contributed by atoms with E-state index in [1.807, 2.05) is 0 Å². The number of hydrogen-bond donors (Lipinski definition) is 1. The van der Waals surface area contributed by atoms with E-state index in [-0.39, 0.29) is 5.56 Å². The predicted octanol–water partition coefficient (Wildman–Crippen LogP) is 3.25. The van der Waals surface area contributed by atoms with Crippen LogP contribution in [-0.4, -0.2) is 10.9 Å². The largest absolute Gasteiger partial charge is 0.507 e. The second-order valence-electron chi connectivity index (χ2n) is 3.75. The first-order valence-electron chi connectivity index (χ1n) is 4.68. The fourth-order valence-electron chi connectivity index (χ4n) is 1.22. The fraction of sp³-hybridized carbons (Fsp3) is 0.364. The number of Topliss-reactive ketones (excluding diaryl/α,β-unsaturated/α-hetero) is 1. The molecule has 0 amide bonds. The number of aromatic hydroxyl groups is 1. The predicted molar refractivity (Wildman–Crippen MR) is 52.3 cm³/mol. The number of halogens is 3. The average molecular weight is 232 g/mol. The topological polar surface area (TPSA) is 37.3 Å². The van der Waals surface area contributed by atoms with Crippen LogP contribution in [0.4, 0.5) is 13.2 Å². The van der Waals surface area contributed by atoms with Crippen LogP contribution >= 0.6 is 0 Å². The molecule has 0 aliphatic heterocycles. The molecule has 5 heteroatoms. The molecule has 1 rings (SSSR count). The van der Waals surface area contributed by atoms with Gasteiger partial charge in [-0.2, -0.15) is 13.2 Å². The number of benzene rings is 1. The molecule has 0 aliphatic carbocycles. The van der Waals surface area contributed by atoms with E-state index in [9.17, 15) is 23.1 Å². The van der Waals surface area contributed by atoms with Gasteiger partial charge in [-0.1, -0.05) is 13.8 Å². The minimum absolute atomic E-state index is 0.287. The normalized spacial score (nSPS) is 11.9. The highest BCUT2D eigenvalue weighted by molar-refractivity contribution is 5.99. The third kappa shape index (κ3) is 2.53. The lowest BCUT2D eigenvalue weighted by Gasteiger charge is -2.11. The Morgan fingerprint density at radius 2 is 1.88 bits per heavy atom. The summed E-state index contributed by atoms with van der Waals surface area (Å²) < 4.78 is 37.1. The van der Waals surface area contributed by atoms with Crippen LogP contribution in [0.1, 0.15) is 29.8 Å². The maximum atomic E-state index is 12.4. The van der Waals surface area contributed by atoms with E-state index in [0.717, 1.165) is 12.1 Å². The summed E-state index contributed by atoms with van der Waals surface area (Å²) in [5, 5.41) is 9.33. The lowest BCUT2D eigenvalue weighted by molar-refractivity contribution is -0.137. The first-order chi connectivity index (χ1) is 7.23. The van der Waals surface area contributed by atoms with E-state index < -0.39 is 29.2 Å². The summed E-state index contributed by atoms with van der Waals surface area (Å²) in [7, 11) is 0. The Labute approximate surface area is 90.7 Å². The number of carbonyl (C=O) groups excluding carboxylic acids is 1. The molecule has 1 aromatic carbocycles. The number of phenols is 1. The summed E-state index contributed by atoms with van der Waals surface area (Å²) in [4.78, 5) is 11.5. The summed E-state index contributed by atoms with van der Waals surface area (Å²) in [5.74, 6) is -1.40. The number of alkyl halides is 3. The second kappa shape index (κ2) is 4.15. The van der Waals surface area contributed by atoms with Crippen molar-refractivity contribution in [1.29, 1.82) is 0 Å².